The van der Waals surface area contributed by atoms with E-state index in [1.807, 2.05) is 50.2 Å². The van der Waals surface area contributed by atoms with Gasteiger partial charge in [0.25, 0.3) is 0 Å². The smallest absolute Gasteiger partial charge is 0.192 e. The zero-order chi connectivity index (χ0) is 13.7. The summed E-state index contributed by atoms with van der Waals surface area (Å²) in [5, 5.41) is 0. The minimum Gasteiger partial charge on any atom is -0.441 e. The molecular formula is C16H12N2O2. The van der Waals surface area contributed by atoms with E-state index in [2.05, 4.69) is 9.97 Å². The molecular weight excluding hydrogens is 252 g/mol. The molecule has 0 saturated heterocycles. The first-order valence-electron chi connectivity index (χ1n) is 6.44. The number of hydrogen-bond donors (Lipinski definition) is 0. The molecule has 98 valence electrons. The summed E-state index contributed by atoms with van der Waals surface area (Å²) in [5.74, 6) is 1.36. The molecule has 4 aromatic rings. The molecule has 2 aromatic heterocycles. The Morgan fingerprint density at radius 1 is 0.700 bits per heavy atom. The number of benzene rings is 2. The lowest BCUT2D eigenvalue weighted by Crippen LogP contribution is -1.79. The zero-order valence-corrected chi connectivity index (χ0v) is 11.2. The highest BCUT2D eigenvalue weighted by Gasteiger charge is 2.07. The molecule has 0 aliphatic rings. The molecule has 2 heterocycles. The highest BCUT2D eigenvalue weighted by Crippen LogP contribution is 2.27. The molecule has 4 heteroatoms. The molecule has 0 bridgehead atoms. The molecule has 0 N–H and O–H groups in total. The summed E-state index contributed by atoms with van der Waals surface area (Å²) >= 11 is 0. The molecule has 4 rings (SSSR count). The van der Waals surface area contributed by atoms with Gasteiger partial charge in [-0.1, -0.05) is 12.1 Å². The molecule has 4 nitrogen and oxygen atoms in total. The number of nitrogens with zero attached hydrogens (tertiary/aromatic N) is 2. The van der Waals surface area contributed by atoms with Gasteiger partial charge in [0.15, 0.2) is 22.9 Å². The lowest BCUT2D eigenvalue weighted by Gasteiger charge is -2.00. The fourth-order valence-corrected chi connectivity index (χ4v) is 2.44. The van der Waals surface area contributed by atoms with Crippen molar-refractivity contribution >= 4 is 22.2 Å². The van der Waals surface area contributed by atoms with Crippen LogP contribution in [-0.2, 0) is 0 Å². The molecule has 0 aliphatic carbocycles. The number of hydrogen-bond acceptors (Lipinski definition) is 4. The Labute approximate surface area is 115 Å². The molecule has 2 aromatic carbocycles. The van der Waals surface area contributed by atoms with E-state index in [4.69, 9.17) is 8.83 Å². The van der Waals surface area contributed by atoms with Gasteiger partial charge in [0, 0.05) is 13.8 Å². The van der Waals surface area contributed by atoms with E-state index in [1.165, 1.54) is 0 Å². The third-order valence-electron chi connectivity index (χ3n) is 3.32. The Hall–Kier alpha value is -2.62. The van der Waals surface area contributed by atoms with Gasteiger partial charge in [0.2, 0.25) is 0 Å². The molecule has 0 aliphatic heterocycles. The first-order chi connectivity index (χ1) is 9.69. The van der Waals surface area contributed by atoms with Crippen molar-refractivity contribution in [2.75, 3.05) is 0 Å². The van der Waals surface area contributed by atoms with Crippen LogP contribution in [0.3, 0.4) is 0 Å². The van der Waals surface area contributed by atoms with Gasteiger partial charge < -0.3 is 8.83 Å². The topological polar surface area (TPSA) is 52.1 Å². The van der Waals surface area contributed by atoms with Crippen LogP contribution in [0.15, 0.2) is 45.2 Å². The normalized spacial score (nSPS) is 11.5. The van der Waals surface area contributed by atoms with Crippen molar-refractivity contribution in [2.45, 2.75) is 13.8 Å². The average Bonchev–Trinajstić information content (AvgIpc) is 2.97. The van der Waals surface area contributed by atoms with Gasteiger partial charge in [-0.3, -0.25) is 0 Å². The van der Waals surface area contributed by atoms with Crippen LogP contribution >= 0.6 is 0 Å². The number of fused-ring (bicyclic) bond motifs is 2. The standard InChI is InChI=1S/C16H12N2O2/c1-9-17-13-7-11(3-5-15(13)19-9)12-4-6-16-14(8-12)18-10(2)20-16/h3-8H,1-2H3. The molecule has 0 amide bonds. The molecule has 0 spiro atoms. The van der Waals surface area contributed by atoms with E-state index in [0.29, 0.717) is 11.8 Å². The third kappa shape index (κ3) is 1.69. The van der Waals surface area contributed by atoms with Crippen LogP contribution in [0, 0.1) is 13.8 Å². The van der Waals surface area contributed by atoms with Crippen molar-refractivity contribution in [1.29, 1.82) is 0 Å². The molecule has 0 radical (unpaired) electrons. The Morgan fingerprint density at radius 2 is 1.15 bits per heavy atom. The minimum absolute atomic E-state index is 0.680. The summed E-state index contributed by atoms with van der Waals surface area (Å²) in [5.41, 5.74) is 5.55. The van der Waals surface area contributed by atoms with Gasteiger partial charge in [0.05, 0.1) is 0 Å². The quantitative estimate of drug-likeness (QED) is 0.515. The third-order valence-corrected chi connectivity index (χ3v) is 3.32. The summed E-state index contributed by atoms with van der Waals surface area (Å²) in [6.07, 6.45) is 0. The fraction of sp³-hybridized carbons (Fsp3) is 0.125. The van der Waals surface area contributed by atoms with Crippen LogP contribution in [0.5, 0.6) is 0 Å². The van der Waals surface area contributed by atoms with E-state index in [-0.39, 0.29) is 0 Å². The summed E-state index contributed by atoms with van der Waals surface area (Å²) in [6, 6.07) is 12.0. The second kappa shape index (κ2) is 3.93. The maximum absolute atomic E-state index is 5.49. The Morgan fingerprint density at radius 3 is 1.60 bits per heavy atom. The second-order valence-electron chi connectivity index (χ2n) is 4.83. The molecule has 20 heavy (non-hydrogen) atoms. The van der Waals surface area contributed by atoms with E-state index >= 15 is 0 Å². The van der Waals surface area contributed by atoms with Gasteiger partial charge in [-0.25, -0.2) is 9.97 Å². The predicted octanol–water partition coefficient (Wildman–Crippen LogP) is 4.25. The number of oxazole rings is 2. The Bertz CT molecular complexity index is 856. The number of aryl methyl sites for hydroxylation is 2. The highest BCUT2D eigenvalue weighted by molar-refractivity contribution is 5.84. The predicted molar refractivity (Wildman–Crippen MR) is 76.5 cm³/mol. The van der Waals surface area contributed by atoms with E-state index in [1.54, 1.807) is 0 Å². The summed E-state index contributed by atoms with van der Waals surface area (Å²) in [6.45, 7) is 3.70. The van der Waals surface area contributed by atoms with E-state index in [9.17, 15) is 0 Å². The number of aromatic nitrogens is 2. The average molecular weight is 264 g/mol. The summed E-state index contributed by atoms with van der Waals surface area (Å²) < 4.78 is 11.0. The molecule has 0 unspecified atom stereocenters. The van der Waals surface area contributed by atoms with Crippen LogP contribution < -0.4 is 0 Å². The van der Waals surface area contributed by atoms with E-state index < -0.39 is 0 Å². The minimum atomic E-state index is 0.680. The van der Waals surface area contributed by atoms with Gasteiger partial charge >= 0.3 is 0 Å². The summed E-state index contributed by atoms with van der Waals surface area (Å²) in [7, 11) is 0. The van der Waals surface area contributed by atoms with Gasteiger partial charge in [-0.05, 0) is 35.4 Å². The molecule has 0 atom stereocenters. The SMILES string of the molecule is Cc1nc2cc(-c3ccc4oc(C)nc4c3)ccc2o1. The van der Waals surface area contributed by atoms with Crippen LogP contribution in [0.25, 0.3) is 33.3 Å². The van der Waals surface area contributed by atoms with Gasteiger partial charge in [-0.2, -0.15) is 0 Å². The monoisotopic (exact) mass is 264 g/mol. The van der Waals surface area contributed by atoms with Gasteiger partial charge in [0.1, 0.15) is 11.0 Å². The second-order valence-corrected chi connectivity index (χ2v) is 4.83. The first-order valence-corrected chi connectivity index (χ1v) is 6.44. The van der Waals surface area contributed by atoms with Crippen molar-refractivity contribution in [3.05, 3.63) is 48.2 Å². The first kappa shape index (κ1) is 11.2. The van der Waals surface area contributed by atoms with Crippen LogP contribution in [0.1, 0.15) is 11.8 Å². The molecule has 0 saturated carbocycles. The van der Waals surface area contributed by atoms with Crippen molar-refractivity contribution in [2.24, 2.45) is 0 Å². The van der Waals surface area contributed by atoms with E-state index in [0.717, 1.165) is 33.3 Å². The Kier molecular flexibility index (Phi) is 2.21. The highest BCUT2D eigenvalue weighted by atomic mass is 16.3. The molecule has 0 fully saturated rings. The largest absolute Gasteiger partial charge is 0.441 e. The summed E-state index contributed by atoms with van der Waals surface area (Å²) in [4.78, 5) is 8.73. The lowest BCUT2D eigenvalue weighted by atomic mass is 10.0. The van der Waals surface area contributed by atoms with Crippen LogP contribution in [0.4, 0.5) is 0 Å². The fourth-order valence-electron chi connectivity index (χ4n) is 2.44. The van der Waals surface area contributed by atoms with Crippen molar-refractivity contribution < 1.29 is 8.83 Å². The lowest BCUT2D eigenvalue weighted by molar-refractivity contribution is 0.560. The maximum atomic E-state index is 5.49. The van der Waals surface area contributed by atoms with Crippen molar-refractivity contribution in [3.8, 4) is 11.1 Å². The van der Waals surface area contributed by atoms with Crippen molar-refractivity contribution in [3.63, 3.8) is 0 Å². The Balaban J connectivity index is 1.90. The van der Waals surface area contributed by atoms with Crippen molar-refractivity contribution in [1.82, 2.24) is 9.97 Å². The number of rotatable bonds is 1. The van der Waals surface area contributed by atoms with Crippen LogP contribution in [-0.4, -0.2) is 9.97 Å². The van der Waals surface area contributed by atoms with Gasteiger partial charge in [-0.15, -0.1) is 0 Å². The maximum Gasteiger partial charge on any atom is 0.192 e. The zero-order valence-electron chi connectivity index (χ0n) is 11.2. The van der Waals surface area contributed by atoms with Crippen LogP contribution in [0.2, 0.25) is 0 Å².